The van der Waals surface area contributed by atoms with Gasteiger partial charge in [0, 0.05) is 11.3 Å². The van der Waals surface area contributed by atoms with Gasteiger partial charge in [0.2, 0.25) is 17.8 Å². The van der Waals surface area contributed by atoms with Gasteiger partial charge in [0.15, 0.2) is 11.5 Å². The van der Waals surface area contributed by atoms with E-state index in [0.717, 1.165) is 11.3 Å². The molecule has 0 saturated heterocycles. The lowest BCUT2D eigenvalue weighted by Crippen LogP contribution is -2.49. The summed E-state index contributed by atoms with van der Waals surface area (Å²) < 4.78 is 89.5. The molecule has 0 spiro atoms. The van der Waals surface area contributed by atoms with E-state index < -0.39 is 53.1 Å². The Kier molecular flexibility index (Phi) is 8.09. The molecule has 1 aliphatic rings. The summed E-state index contributed by atoms with van der Waals surface area (Å²) in [4.78, 5) is 25.6. The third-order valence-electron chi connectivity index (χ3n) is 5.90. The highest BCUT2D eigenvalue weighted by Gasteiger charge is 2.37. The number of ether oxygens (including phenoxy) is 2. The number of hydrogen-bond donors (Lipinski definition) is 3. The number of nitrogens with zero attached hydrogens (tertiary/aromatic N) is 2. The number of urea groups is 1. The molecule has 0 saturated carbocycles. The van der Waals surface area contributed by atoms with Crippen LogP contribution in [0, 0.1) is 5.92 Å². The number of anilines is 2. The van der Waals surface area contributed by atoms with Crippen LogP contribution in [0.15, 0.2) is 36.4 Å². The first kappa shape index (κ1) is 28.9. The number of alkyl halides is 6. The van der Waals surface area contributed by atoms with Crippen LogP contribution in [0.25, 0.3) is 10.6 Å². The molecule has 2 heterocycles. The molecule has 40 heavy (non-hydrogen) atoms. The second-order valence-electron chi connectivity index (χ2n) is 8.73. The molecule has 1 aromatic heterocycles. The zero-order valence-electron chi connectivity index (χ0n) is 20.7. The molecule has 214 valence electrons. The Hall–Kier alpha value is -4.08. The van der Waals surface area contributed by atoms with E-state index in [1.165, 1.54) is 0 Å². The number of carbonyl (C=O) groups excluding carboxylic acids is 2. The zero-order valence-corrected chi connectivity index (χ0v) is 21.6. The smallest absolute Gasteiger partial charge is 0.416 e. The monoisotopic (exact) mass is 589 g/mol. The van der Waals surface area contributed by atoms with Crippen molar-refractivity contribution in [3.63, 3.8) is 0 Å². The van der Waals surface area contributed by atoms with Crippen LogP contribution in [0.1, 0.15) is 31.4 Å². The maximum atomic E-state index is 13.1. The van der Waals surface area contributed by atoms with Gasteiger partial charge in [-0.05, 0) is 42.3 Å². The van der Waals surface area contributed by atoms with Crippen LogP contribution in [-0.2, 0) is 17.1 Å². The lowest BCUT2D eigenvalue weighted by Gasteiger charge is -2.23. The number of halogens is 6. The van der Waals surface area contributed by atoms with Gasteiger partial charge in [0.25, 0.3) is 0 Å². The van der Waals surface area contributed by atoms with Gasteiger partial charge in [0.1, 0.15) is 11.0 Å². The van der Waals surface area contributed by atoms with Crippen LogP contribution in [0.3, 0.4) is 0 Å². The quantitative estimate of drug-likeness (QED) is 0.285. The topological polar surface area (TPSA) is 114 Å². The van der Waals surface area contributed by atoms with E-state index in [4.69, 9.17) is 9.47 Å². The van der Waals surface area contributed by atoms with Crippen molar-refractivity contribution in [3.8, 4) is 22.1 Å². The molecule has 3 aromatic rings. The van der Waals surface area contributed by atoms with E-state index in [-0.39, 0.29) is 18.0 Å². The molecule has 4 rings (SSSR count). The number of rotatable bonds is 7. The number of aromatic nitrogens is 2. The van der Waals surface area contributed by atoms with Gasteiger partial charge < -0.3 is 20.1 Å². The molecule has 0 radical (unpaired) electrons. The van der Waals surface area contributed by atoms with Crippen molar-refractivity contribution in [3.05, 3.63) is 47.5 Å². The van der Waals surface area contributed by atoms with Gasteiger partial charge in [-0.1, -0.05) is 31.6 Å². The van der Waals surface area contributed by atoms with E-state index in [2.05, 4.69) is 20.8 Å². The van der Waals surface area contributed by atoms with Crippen molar-refractivity contribution < 1.29 is 45.4 Å². The number of nitrogens with one attached hydrogen (secondary N) is 3. The molecule has 2 aromatic carbocycles. The normalized spacial score (nSPS) is 14.4. The Morgan fingerprint density at radius 2 is 1.60 bits per heavy atom. The number of fused-ring (bicyclic) bond motifs is 1. The minimum absolute atomic E-state index is 0.0572. The van der Waals surface area contributed by atoms with E-state index in [9.17, 15) is 35.9 Å². The largest absolute Gasteiger partial charge is 0.454 e. The van der Waals surface area contributed by atoms with Crippen LogP contribution in [0.2, 0.25) is 0 Å². The van der Waals surface area contributed by atoms with Crippen LogP contribution in [0.4, 0.5) is 42.0 Å². The van der Waals surface area contributed by atoms with Gasteiger partial charge >= 0.3 is 18.4 Å². The summed E-state index contributed by atoms with van der Waals surface area (Å²) in [6.45, 7) is 3.45. The molecule has 0 fully saturated rings. The Morgan fingerprint density at radius 3 is 2.23 bits per heavy atom. The maximum absolute atomic E-state index is 13.1. The second-order valence-corrected chi connectivity index (χ2v) is 9.70. The van der Waals surface area contributed by atoms with E-state index >= 15 is 0 Å². The first-order chi connectivity index (χ1) is 18.7. The van der Waals surface area contributed by atoms with Gasteiger partial charge in [-0.2, -0.15) is 26.3 Å². The minimum atomic E-state index is -5.09. The maximum Gasteiger partial charge on any atom is 0.416 e. The standard InChI is InChI=1S/C24H21F6N5O4S/c1-3-11(2)18(32-21(37)31-15-8-13(23(25,26)27)7-14(9-15)24(28,29)30)19(36)33-22-35-34-20(40-22)12-4-5-16-17(6-12)39-10-38-16/h4-9,11,18H,3,10H2,1-2H3,(H2,31,32,37)(H,33,35,36). The molecule has 0 aliphatic carbocycles. The fourth-order valence-electron chi connectivity index (χ4n) is 3.64. The second kappa shape index (κ2) is 11.2. The van der Waals surface area contributed by atoms with Crippen LogP contribution in [0.5, 0.6) is 11.5 Å². The third-order valence-corrected chi connectivity index (χ3v) is 6.79. The highest BCUT2D eigenvalue weighted by molar-refractivity contribution is 7.18. The van der Waals surface area contributed by atoms with E-state index in [1.807, 2.05) is 5.32 Å². The minimum Gasteiger partial charge on any atom is -0.454 e. The lowest BCUT2D eigenvalue weighted by atomic mass is 9.98. The summed E-state index contributed by atoms with van der Waals surface area (Å²) in [6.07, 6.45) is -9.78. The molecule has 3 N–H and O–H groups in total. The van der Waals surface area contributed by atoms with Crippen LogP contribution in [-0.4, -0.2) is 35.0 Å². The van der Waals surface area contributed by atoms with Crippen molar-refractivity contribution in [2.75, 3.05) is 17.4 Å². The predicted molar refractivity (Wildman–Crippen MR) is 132 cm³/mol. The van der Waals surface area contributed by atoms with Crippen molar-refractivity contribution >= 4 is 34.1 Å². The number of carbonyl (C=O) groups is 2. The molecule has 0 bridgehead atoms. The van der Waals surface area contributed by atoms with Crippen LogP contribution < -0.4 is 25.4 Å². The SMILES string of the molecule is CCC(C)C(NC(=O)Nc1cc(C(F)(F)F)cc(C(F)(F)F)c1)C(=O)Nc1nnc(-c2ccc3c(c2)OCO3)s1. The van der Waals surface area contributed by atoms with E-state index in [0.29, 0.717) is 40.6 Å². The Balaban J connectivity index is 1.47. The summed E-state index contributed by atoms with van der Waals surface area (Å²) in [5, 5.41) is 15.3. The third kappa shape index (κ3) is 6.73. The average molecular weight is 590 g/mol. The average Bonchev–Trinajstić information content (AvgIpc) is 3.54. The lowest BCUT2D eigenvalue weighted by molar-refractivity contribution is -0.143. The summed E-state index contributed by atoms with van der Waals surface area (Å²) in [6, 6.07) is 3.41. The number of amides is 3. The Morgan fingerprint density at radius 1 is 0.950 bits per heavy atom. The van der Waals surface area contributed by atoms with Crippen molar-refractivity contribution in [1.82, 2.24) is 15.5 Å². The summed E-state index contributed by atoms with van der Waals surface area (Å²) in [5.74, 6) is -0.0899. The number of benzene rings is 2. The first-order valence-corrected chi connectivity index (χ1v) is 12.5. The Labute approximate surface area is 226 Å². The summed E-state index contributed by atoms with van der Waals surface area (Å²) in [5.41, 5.74) is -3.29. The summed E-state index contributed by atoms with van der Waals surface area (Å²) in [7, 11) is 0. The van der Waals surface area contributed by atoms with Gasteiger partial charge in [-0.15, -0.1) is 10.2 Å². The van der Waals surface area contributed by atoms with Crippen molar-refractivity contribution in [2.45, 2.75) is 38.7 Å². The van der Waals surface area contributed by atoms with Gasteiger partial charge in [-0.3, -0.25) is 10.1 Å². The molecule has 3 amide bonds. The molecule has 2 atom stereocenters. The van der Waals surface area contributed by atoms with Gasteiger partial charge in [0.05, 0.1) is 11.1 Å². The highest BCUT2D eigenvalue weighted by atomic mass is 32.1. The summed E-state index contributed by atoms with van der Waals surface area (Å²) >= 11 is 1.03. The molecule has 2 unspecified atom stereocenters. The molecule has 16 heteroatoms. The van der Waals surface area contributed by atoms with Crippen molar-refractivity contribution in [1.29, 1.82) is 0 Å². The molecule has 1 aliphatic heterocycles. The molecular weight excluding hydrogens is 568 g/mol. The zero-order chi connectivity index (χ0) is 29.2. The number of hydrogen-bond acceptors (Lipinski definition) is 7. The first-order valence-electron chi connectivity index (χ1n) is 11.7. The van der Waals surface area contributed by atoms with Gasteiger partial charge in [-0.25, -0.2) is 4.79 Å². The van der Waals surface area contributed by atoms with Crippen LogP contribution >= 0.6 is 11.3 Å². The molecular formula is C24H21F6N5O4S. The highest BCUT2D eigenvalue weighted by Crippen LogP contribution is 2.38. The fourth-order valence-corrected chi connectivity index (χ4v) is 4.38. The predicted octanol–water partition coefficient (Wildman–Crippen LogP) is 6.15. The fraction of sp³-hybridized carbons (Fsp3) is 0.333. The van der Waals surface area contributed by atoms with E-state index in [1.54, 1.807) is 32.0 Å². The molecule has 9 nitrogen and oxygen atoms in total. The van der Waals surface area contributed by atoms with Crippen molar-refractivity contribution in [2.24, 2.45) is 5.92 Å². The Bertz CT molecular complexity index is 1380.